The van der Waals surface area contributed by atoms with Gasteiger partial charge >= 0.3 is 0 Å². The van der Waals surface area contributed by atoms with E-state index in [1.54, 1.807) is 6.07 Å². The third kappa shape index (κ3) is 4.08. The third-order valence-corrected chi connectivity index (χ3v) is 6.91. The van der Waals surface area contributed by atoms with Gasteiger partial charge in [0.25, 0.3) is 5.91 Å². The van der Waals surface area contributed by atoms with Crippen molar-refractivity contribution >= 4 is 15.9 Å². The molecule has 3 aromatic rings. The normalized spacial score (nSPS) is 15.3. The highest BCUT2D eigenvalue weighted by Crippen LogP contribution is 2.26. The first-order chi connectivity index (χ1) is 14.8. The predicted octanol–water partition coefficient (Wildman–Crippen LogP) is 3.51. The quantitative estimate of drug-likeness (QED) is 0.610. The minimum Gasteiger partial charge on any atom is -0.451 e. The van der Waals surface area contributed by atoms with E-state index in [1.807, 2.05) is 0 Å². The van der Waals surface area contributed by atoms with Gasteiger partial charge in [-0.15, -0.1) is 0 Å². The van der Waals surface area contributed by atoms with Gasteiger partial charge < -0.3 is 9.32 Å². The van der Waals surface area contributed by atoms with Crippen molar-refractivity contribution < 1.29 is 30.8 Å². The Morgan fingerprint density at radius 2 is 1.58 bits per heavy atom. The lowest BCUT2D eigenvalue weighted by Crippen LogP contribution is -2.50. The van der Waals surface area contributed by atoms with Crippen molar-refractivity contribution in [3.63, 3.8) is 0 Å². The second-order valence-electron chi connectivity index (χ2n) is 6.91. The molecule has 1 saturated heterocycles. The van der Waals surface area contributed by atoms with E-state index < -0.39 is 38.3 Å². The molecule has 0 bridgehead atoms. The lowest BCUT2D eigenvalue weighted by molar-refractivity contribution is 0.0666. The van der Waals surface area contributed by atoms with Crippen LogP contribution in [0.5, 0.6) is 0 Å². The molecule has 0 atom stereocenters. The molecule has 1 amide bonds. The van der Waals surface area contributed by atoms with Crippen molar-refractivity contribution in [2.45, 2.75) is 4.90 Å². The summed E-state index contributed by atoms with van der Waals surface area (Å²) >= 11 is 0. The van der Waals surface area contributed by atoms with Crippen LogP contribution in [-0.2, 0) is 10.0 Å². The van der Waals surface area contributed by atoms with Crippen LogP contribution in [0.1, 0.15) is 10.6 Å². The van der Waals surface area contributed by atoms with E-state index in [1.165, 1.54) is 35.2 Å². The van der Waals surface area contributed by atoms with Crippen molar-refractivity contribution in [2.24, 2.45) is 0 Å². The molecular formula is C21H17F3N2O4S. The van der Waals surface area contributed by atoms with Crippen LogP contribution >= 0.6 is 0 Å². The lowest BCUT2D eigenvalue weighted by atomic mass is 10.1. The molecule has 0 radical (unpaired) electrons. The molecule has 1 fully saturated rings. The van der Waals surface area contributed by atoms with Crippen molar-refractivity contribution in [1.29, 1.82) is 0 Å². The van der Waals surface area contributed by atoms with Crippen molar-refractivity contribution in [1.82, 2.24) is 9.21 Å². The number of piperazine rings is 1. The highest BCUT2D eigenvalue weighted by molar-refractivity contribution is 7.89. The molecule has 0 N–H and O–H groups in total. The fraction of sp³-hybridized carbons (Fsp3) is 0.190. The molecule has 2 heterocycles. The maximum atomic E-state index is 13.9. The average molecular weight is 450 g/mol. The fourth-order valence-corrected chi connectivity index (χ4v) is 4.86. The zero-order valence-corrected chi connectivity index (χ0v) is 16.9. The number of halogens is 3. The van der Waals surface area contributed by atoms with Gasteiger partial charge in [0.15, 0.2) is 5.76 Å². The molecule has 0 saturated carbocycles. The maximum Gasteiger partial charge on any atom is 0.289 e. The molecular weight excluding hydrogens is 433 g/mol. The second-order valence-corrected chi connectivity index (χ2v) is 8.82. The van der Waals surface area contributed by atoms with E-state index in [-0.39, 0.29) is 43.3 Å². The molecule has 1 aromatic heterocycles. The highest BCUT2D eigenvalue weighted by Gasteiger charge is 2.33. The van der Waals surface area contributed by atoms with Crippen LogP contribution < -0.4 is 0 Å². The van der Waals surface area contributed by atoms with Gasteiger partial charge in [0.1, 0.15) is 28.1 Å². The summed E-state index contributed by atoms with van der Waals surface area (Å²) < 4.78 is 73.1. The zero-order valence-electron chi connectivity index (χ0n) is 16.1. The van der Waals surface area contributed by atoms with Gasteiger partial charge in [0.05, 0.1) is 5.56 Å². The van der Waals surface area contributed by atoms with Crippen LogP contribution in [0, 0.1) is 17.5 Å². The maximum absolute atomic E-state index is 13.9. The molecule has 0 spiro atoms. The van der Waals surface area contributed by atoms with Gasteiger partial charge in [0, 0.05) is 26.2 Å². The Balaban J connectivity index is 1.46. The minimum absolute atomic E-state index is 0.00858. The number of benzene rings is 2. The summed E-state index contributed by atoms with van der Waals surface area (Å²) in [5.74, 6) is -2.68. The Bertz CT molecular complexity index is 1230. The summed E-state index contributed by atoms with van der Waals surface area (Å²) in [5.41, 5.74) is 0.217. The summed E-state index contributed by atoms with van der Waals surface area (Å²) in [6.45, 7) is -0.120. The van der Waals surface area contributed by atoms with E-state index in [9.17, 15) is 26.4 Å². The number of carbonyl (C=O) groups excluding carboxylic acids is 1. The van der Waals surface area contributed by atoms with Crippen molar-refractivity contribution in [3.05, 3.63) is 77.8 Å². The number of rotatable bonds is 4. The third-order valence-electron chi connectivity index (χ3n) is 4.99. The largest absolute Gasteiger partial charge is 0.451 e. The molecule has 10 heteroatoms. The Kier molecular flexibility index (Phi) is 5.59. The van der Waals surface area contributed by atoms with Crippen LogP contribution in [0.4, 0.5) is 13.2 Å². The molecule has 2 aromatic carbocycles. The Hall–Kier alpha value is -3.11. The number of amides is 1. The molecule has 1 aliphatic heterocycles. The van der Waals surface area contributed by atoms with Gasteiger partial charge in [-0.3, -0.25) is 4.79 Å². The van der Waals surface area contributed by atoms with Gasteiger partial charge in [0.2, 0.25) is 10.0 Å². The van der Waals surface area contributed by atoms with Gasteiger partial charge in [-0.05, 0) is 42.5 Å². The Labute approximate surface area is 176 Å². The topological polar surface area (TPSA) is 70.8 Å². The van der Waals surface area contributed by atoms with Gasteiger partial charge in [-0.25, -0.2) is 21.6 Å². The van der Waals surface area contributed by atoms with E-state index in [0.29, 0.717) is 6.07 Å². The van der Waals surface area contributed by atoms with Crippen molar-refractivity contribution in [2.75, 3.05) is 26.2 Å². The van der Waals surface area contributed by atoms with Crippen LogP contribution in [0.25, 0.3) is 11.3 Å². The van der Waals surface area contributed by atoms with E-state index in [2.05, 4.69) is 0 Å². The highest BCUT2D eigenvalue weighted by atomic mass is 32.2. The molecule has 31 heavy (non-hydrogen) atoms. The number of hydrogen-bond acceptors (Lipinski definition) is 4. The number of furan rings is 1. The zero-order chi connectivity index (χ0) is 22.2. The molecule has 162 valence electrons. The predicted molar refractivity (Wildman–Crippen MR) is 105 cm³/mol. The molecule has 0 aliphatic carbocycles. The molecule has 0 unspecified atom stereocenters. The molecule has 1 aliphatic rings. The Morgan fingerprint density at radius 1 is 0.871 bits per heavy atom. The van der Waals surface area contributed by atoms with Crippen LogP contribution in [-0.4, -0.2) is 49.7 Å². The standard InChI is InChI=1S/C21H17F3N2O4S/c22-14-5-6-17(24)20(13-14)31(28,29)26-11-9-25(10-12-26)21(27)19-8-7-18(30-19)15-3-1-2-4-16(15)23/h1-8,13H,9-12H2. The van der Waals surface area contributed by atoms with Crippen molar-refractivity contribution in [3.8, 4) is 11.3 Å². The van der Waals surface area contributed by atoms with Crippen LogP contribution in [0.2, 0.25) is 0 Å². The summed E-state index contributed by atoms with van der Waals surface area (Å²) in [7, 11) is -4.25. The van der Waals surface area contributed by atoms with Gasteiger partial charge in [-0.2, -0.15) is 4.31 Å². The average Bonchev–Trinajstić information content (AvgIpc) is 3.25. The van der Waals surface area contributed by atoms with E-state index >= 15 is 0 Å². The van der Waals surface area contributed by atoms with Crippen LogP contribution in [0.3, 0.4) is 0 Å². The fourth-order valence-electron chi connectivity index (χ4n) is 3.36. The summed E-state index contributed by atoms with van der Waals surface area (Å²) in [6.07, 6.45) is 0. The second kappa shape index (κ2) is 8.20. The Morgan fingerprint density at radius 3 is 2.29 bits per heavy atom. The first-order valence-corrected chi connectivity index (χ1v) is 10.8. The minimum atomic E-state index is -4.25. The SMILES string of the molecule is O=C(c1ccc(-c2ccccc2F)o1)N1CCN(S(=O)(=O)c2cc(F)ccc2F)CC1. The summed E-state index contributed by atoms with van der Waals surface area (Å²) in [6, 6.07) is 11.1. The summed E-state index contributed by atoms with van der Waals surface area (Å²) in [5, 5.41) is 0. The van der Waals surface area contributed by atoms with Crippen LogP contribution in [0.15, 0.2) is 63.9 Å². The lowest BCUT2D eigenvalue weighted by Gasteiger charge is -2.33. The number of sulfonamides is 1. The smallest absolute Gasteiger partial charge is 0.289 e. The van der Waals surface area contributed by atoms with E-state index in [4.69, 9.17) is 4.42 Å². The molecule has 6 nitrogen and oxygen atoms in total. The number of nitrogens with zero attached hydrogens (tertiary/aromatic N) is 2. The molecule has 4 rings (SSSR count). The first kappa shape index (κ1) is 21.1. The van der Waals surface area contributed by atoms with Gasteiger partial charge in [-0.1, -0.05) is 12.1 Å². The van der Waals surface area contributed by atoms with E-state index in [0.717, 1.165) is 16.4 Å². The summed E-state index contributed by atoms with van der Waals surface area (Å²) in [4.78, 5) is 13.4. The monoisotopic (exact) mass is 450 g/mol. The first-order valence-electron chi connectivity index (χ1n) is 9.36. The number of carbonyl (C=O) groups is 1. The number of hydrogen-bond donors (Lipinski definition) is 0.